The third-order valence-corrected chi connectivity index (χ3v) is 3.90. The summed E-state index contributed by atoms with van der Waals surface area (Å²) in [6.07, 6.45) is 2.09. The Morgan fingerprint density at radius 1 is 1.41 bits per heavy atom. The minimum atomic E-state index is 0.339. The van der Waals surface area contributed by atoms with Gasteiger partial charge in [0.2, 0.25) is 0 Å². The monoisotopic (exact) mass is 249 g/mol. The average molecular weight is 249 g/mol. The second-order valence-corrected chi connectivity index (χ2v) is 5.83. The van der Waals surface area contributed by atoms with Crippen molar-refractivity contribution in [3.63, 3.8) is 0 Å². The van der Waals surface area contributed by atoms with Crippen molar-refractivity contribution in [1.82, 2.24) is 15.1 Å². The molecule has 2 aromatic rings. The number of aromatic nitrogens is 2. The zero-order valence-electron chi connectivity index (χ0n) is 10.8. The van der Waals surface area contributed by atoms with Gasteiger partial charge in [0.25, 0.3) is 0 Å². The summed E-state index contributed by atoms with van der Waals surface area (Å²) < 4.78 is 1.87. The van der Waals surface area contributed by atoms with Crippen molar-refractivity contribution >= 4 is 11.3 Å². The van der Waals surface area contributed by atoms with E-state index in [4.69, 9.17) is 0 Å². The average Bonchev–Trinajstić information content (AvgIpc) is 2.81. The van der Waals surface area contributed by atoms with Crippen LogP contribution in [0.1, 0.15) is 34.0 Å². The highest BCUT2D eigenvalue weighted by atomic mass is 32.1. The molecular formula is C13H19N3S. The topological polar surface area (TPSA) is 29.9 Å². The predicted molar refractivity (Wildman–Crippen MR) is 72.3 cm³/mol. The van der Waals surface area contributed by atoms with E-state index in [2.05, 4.69) is 49.5 Å². The molecule has 1 unspecified atom stereocenters. The molecule has 4 heteroatoms. The largest absolute Gasteiger partial charge is 0.305 e. The Morgan fingerprint density at radius 2 is 2.18 bits per heavy atom. The summed E-state index contributed by atoms with van der Waals surface area (Å²) in [5.41, 5.74) is 2.38. The Kier molecular flexibility index (Phi) is 3.64. The van der Waals surface area contributed by atoms with Gasteiger partial charge in [0, 0.05) is 41.1 Å². The molecule has 17 heavy (non-hydrogen) atoms. The van der Waals surface area contributed by atoms with Crippen molar-refractivity contribution < 1.29 is 0 Å². The van der Waals surface area contributed by atoms with Crippen molar-refractivity contribution in [1.29, 1.82) is 0 Å². The summed E-state index contributed by atoms with van der Waals surface area (Å²) >= 11 is 1.85. The molecule has 1 N–H and O–H groups in total. The highest BCUT2D eigenvalue weighted by Gasteiger charge is 2.11. The van der Waals surface area contributed by atoms with E-state index in [9.17, 15) is 0 Å². The minimum Gasteiger partial charge on any atom is -0.305 e. The second kappa shape index (κ2) is 5.02. The maximum atomic E-state index is 4.37. The van der Waals surface area contributed by atoms with E-state index in [1.165, 1.54) is 15.3 Å². The first-order valence-corrected chi connectivity index (χ1v) is 6.66. The summed E-state index contributed by atoms with van der Waals surface area (Å²) in [5, 5.41) is 7.91. The van der Waals surface area contributed by atoms with Gasteiger partial charge in [0.15, 0.2) is 0 Å². The van der Waals surface area contributed by atoms with E-state index >= 15 is 0 Å². The second-order valence-electron chi connectivity index (χ2n) is 4.46. The lowest BCUT2D eigenvalue weighted by atomic mass is 10.1. The minimum absolute atomic E-state index is 0.339. The fraction of sp³-hybridized carbons (Fsp3) is 0.462. The van der Waals surface area contributed by atoms with Crippen LogP contribution in [0.5, 0.6) is 0 Å². The highest BCUT2D eigenvalue weighted by Crippen LogP contribution is 2.19. The van der Waals surface area contributed by atoms with Crippen molar-refractivity contribution in [3.8, 4) is 0 Å². The van der Waals surface area contributed by atoms with Crippen LogP contribution in [0.25, 0.3) is 0 Å². The van der Waals surface area contributed by atoms with Gasteiger partial charge in [-0.3, -0.25) is 4.68 Å². The van der Waals surface area contributed by atoms with Gasteiger partial charge < -0.3 is 5.32 Å². The van der Waals surface area contributed by atoms with Crippen molar-refractivity contribution in [2.24, 2.45) is 7.05 Å². The first-order valence-electron chi connectivity index (χ1n) is 5.85. The molecular weight excluding hydrogens is 230 g/mol. The first kappa shape index (κ1) is 12.3. The van der Waals surface area contributed by atoms with Gasteiger partial charge >= 0.3 is 0 Å². The van der Waals surface area contributed by atoms with Crippen LogP contribution in [0.15, 0.2) is 18.3 Å². The standard InChI is InChI=1S/C13H19N3S/c1-9-5-6-12(17-9)7-14-10(2)13-8-16(4)15-11(13)3/h5-6,8,10,14H,7H2,1-4H3. The smallest absolute Gasteiger partial charge is 0.0641 e. The van der Waals surface area contributed by atoms with Gasteiger partial charge in [0.05, 0.1) is 5.69 Å². The normalized spacial score (nSPS) is 12.9. The molecule has 0 aromatic carbocycles. The lowest BCUT2D eigenvalue weighted by molar-refractivity contribution is 0.576. The molecule has 0 spiro atoms. The molecule has 0 saturated heterocycles. The molecule has 3 nitrogen and oxygen atoms in total. The van der Waals surface area contributed by atoms with E-state index in [1.54, 1.807) is 0 Å². The molecule has 0 fully saturated rings. The van der Waals surface area contributed by atoms with E-state index in [0.29, 0.717) is 6.04 Å². The Hall–Kier alpha value is -1.13. The van der Waals surface area contributed by atoms with Gasteiger partial charge in [-0.15, -0.1) is 11.3 Å². The van der Waals surface area contributed by atoms with Gasteiger partial charge in [0.1, 0.15) is 0 Å². The number of rotatable bonds is 4. The van der Waals surface area contributed by atoms with Gasteiger partial charge in [-0.05, 0) is 32.9 Å². The zero-order chi connectivity index (χ0) is 12.4. The Bertz CT molecular complexity index is 498. The summed E-state index contributed by atoms with van der Waals surface area (Å²) in [5.74, 6) is 0. The third-order valence-electron chi connectivity index (χ3n) is 2.90. The fourth-order valence-corrected chi connectivity index (χ4v) is 2.83. The zero-order valence-corrected chi connectivity index (χ0v) is 11.6. The molecule has 0 bridgehead atoms. The summed E-state index contributed by atoms with van der Waals surface area (Å²) in [6.45, 7) is 7.31. The molecule has 0 aliphatic heterocycles. The Morgan fingerprint density at radius 3 is 2.71 bits per heavy atom. The summed E-state index contributed by atoms with van der Waals surface area (Å²) in [4.78, 5) is 2.75. The third kappa shape index (κ3) is 2.96. The van der Waals surface area contributed by atoms with Crippen LogP contribution in [0.4, 0.5) is 0 Å². The van der Waals surface area contributed by atoms with Crippen LogP contribution in [0.3, 0.4) is 0 Å². The lowest BCUT2D eigenvalue weighted by Gasteiger charge is -2.12. The predicted octanol–water partition coefficient (Wildman–Crippen LogP) is 2.95. The fourth-order valence-electron chi connectivity index (χ4n) is 1.99. The van der Waals surface area contributed by atoms with Crippen LogP contribution in [0, 0.1) is 13.8 Å². The molecule has 0 radical (unpaired) electrons. The number of aryl methyl sites for hydroxylation is 3. The van der Waals surface area contributed by atoms with Gasteiger partial charge in [-0.2, -0.15) is 5.10 Å². The summed E-state index contributed by atoms with van der Waals surface area (Å²) in [6, 6.07) is 4.70. The maximum Gasteiger partial charge on any atom is 0.0641 e. The van der Waals surface area contributed by atoms with Crippen LogP contribution in [-0.4, -0.2) is 9.78 Å². The molecule has 0 aliphatic carbocycles. The van der Waals surface area contributed by atoms with Crippen LogP contribution in [0.2, 0.25) is 0 Å². The molecule has 0 aliphatic rings. The molecule has 0 amide bonds. The number of nitrogens with zero attached hydrogens (tertiary/aromatic N) is 2. The summed E-state index contributed by atoms with van der Waals surface area (Å²) in [7, 11) is 1.96. The Labute approximate surface area is 106 Å². The number of thiophene rings is 1. The molecule has 92 valence electrons. The van der Waals surface area contributed by atoms with Crippen molar-refractivity contribution in [2.75, 3.05) is 0 Å². The SMILES string of the molecule is Cc1ccc(CNC(C)c2cn(C)nc2C)s1. The van der Waals surface area contributed by atoms with Crippen LogP contribution >= 0.6 is 11.3 Å². The highest BCUT2D eigenvalue weighted by molar-refractivity contribution is 7.11. The maximum absolute atomic E-state index is 4.37. The van der Waals surface area contributed by atoms with Gasteiger partial charge in [-0.25, -0.2) is 0 Å². The molecule has 2 heterocycles. The quantitative estimate of drug-likeness (QED) is 0.903. The van der Waals surface area contributed by atoms with Crippen molar-refractivity contribution in [3.05, 3.63) is 39.3 Å². The number of nitrogens with one attached hydrogen (secondary N) is 1. The molecule has 2 aromatic heterocycles. The van der Waals surface area contributed by atoms with Crippen LogP contribution in [-0.2, 0) is 13.6 Å². The van der Waals surface area contributed by atoms with Gasteiger partial charge in [-0.1, -0.05) is 0 Å². The van der Waals surface area contributed by atoms with Crippen LogP contribution < -0.4 is 5.32 Å². The number of hydrogen-bond acceptors (Lipinski definition) is 3. The first-order chi connectivity index (χ1) is 8.06. The van der Waals surface area contributed by atoms with Crippen molar-refractivity contribution in [2.45, 2.75) is 33.4 Å². The molecule has 0 saturated carbocycles. The van der Waals surface area contributed by atoms with E-state index < -0.39 is 0 Å². The molecule has 2 rings (SSSR count). The number of hydrogen-bond donors (Lipinski definition) is 1. The van der Waals surface area contributed by atoms with E-state index in [0.717, 1.165) is 12.2 Å². The van der Waals surface area contributed by atoms with E-state index in [-0.39, 0.29) is 0 Å². The Balaban J connectivity index is 1.97. The van der Waals surface area contributed by atoms with E-state index in [1.807, 2.05) is 23.1 Å². The lowest BCUT2D eigenvalue weighted by Crippen LogP contribution is -2.17. The molecule has 1 atom stereocenters.